The van der Waals surface area contributed by atoms with Crippen molar-refractivity contribution in [2.45, 2.75) is 71.8 Å². The van der Waals surface area contributed by atoms with Crippen molar-refractivity contribution in [2.75, 3.05) is 0 Å². The van der Waals surface area contributed by atoms with Gasteiger partial charge in [-0.25, -0.2) is 4.79 Å². The Kier molecular flexibility index (Phi) is 7.91. The van der Waals surface area contributed by atoms with E-state index in [1.165, 1.54) is 6.42 Å². The molecule has 0 aliphatic heterocycles. The third-order valence-electron chi connectivity index (χ3n) is 7.43. The Labute approximate surface area is 222 Å². The molecule has 0 atom stereocenters. The molecule has 2 heterocycles. The lowest BCUT2D eigenvalue weighted by atomic mass is 9.87. The first-order chi connectivity index (χ1) is 18.5. The van der Waals surface area contributed by atoms with Crippen LogP contribution in [0, 0.1) is 11.8 Å². The average molecular weight is 514 g/mol. The van der Waals surface area contributed by atoms with E-state index in [2.05, 4.69) is 39.6 Å². The van der Waals surface area contributed by atoms with Gasteiger partial charge in [0, 0.05) is 18.4 Å². The van der Waals surface area contributed by atoms with E-state index in [0.29, 0.717) is 42.9 Å². The maximum Gasteiger partial charge on any atom is 0.353 e. The highest BCUT2D eigenvalue weighted by molar-refractivity contribution is 5.80. The Morgan fingerprint density at radius 1 is 1.03 bits per heavy atom. The number of hydrogen-bond donors (Lipinski definition) is 1. The fourth-order valence-electron chi connectivity index (χ4n) is 5.26. The first kappa shape index (κ1) is 25.8. The zero-order valence-electron chi connectivity index (χ0n) is 22.1. The normalized spacial score (nSPS) is 14.3. The Bertz CT molecular complexity index is 1410. The quantitative estimate of drug-likeness (QED) is 0.332. The number of rotatable bonds is 9. The largest absolute Gasteiger partial charge is 0.353 e. The molecular weight excluding hydrogens is 478 g/mol. The monoisotopic (exact) mass is 513 g/mol. The molecule has 1 fully saturated rings. The smallest absolute Gasteiger partial charge is 0.274 e. The van der Waals surface area contributed by atoms with Gasteiger partial charge in [0.2, 0.25) is 5.82 Å². The number of H-pyrrole nitrogens is 1. The first-order valence-corrected chi connectivity index (χ1v) is 13.6. The molecule has 1 aliphatic carbocycles. The average Bonchev–Trinajstić information content (AvgIpc) is 3.57. The maximum atomic E-state index is 13.4. The van der Waals surface area contributed by atoms with E-state index in [1.54, 1.807) is 4.57 Å². The fourth-order valence-corrected chi connectivity index (χ4v) is 5.26. The van der Waals surface area contributed by atoms with Crippen molar-refractivity contribution in [3.8, 4) is 22.5 Å². The molecule has 0 spiro atoms. The number of tetrazole rings is 1. The molecule has 9 nitrogen and oxygen atoms in total. The second-order valence-electron chi connectivity index (χ2n) is 10.7. The fraction of sp³-hybridized carbons (Fsp3) is 0.448. The lowest BCUT2D eigenvalue weighted by molar-refractivity contribution is 0.0846. The van der Waals surface area contributed by atoms with Crippen molar-refractivity contribution < 1.29 is 4.79 Å². The summed E-state index contributed by atoms with van der Waals surface area (Å²) in [6.07, 6.45) is 7.64. The summed E-state index contributed by atoms with van der Waals surface area (Å²) in [5.74, 6) is 1.86. The molecule has 2 aromatic carbocycles. The summed E-state index contributed by atoms with van der Waals surface area (Å²) < 4.78 is 2.79. The van der Waals surface area contributed by atoms with Gasteiger partial charge in [0.15, 0.2) is 0 Å². The summed E-state index contributed by atoms with van der Waals surface area (Å²) >= 11 is 0. The highest BCUT2D eigenvalue weighted by Crippen LogP contribution is 2.30. The van der Waals surface area contributed by atoms with Crippen molar-refractivity contribution in [2.24, 2.45) is 11.8 Å². The zero-order valence-corrected chi connectivity index (χ0v) is 22.1. The highest BCUT2D eigenvalue weighted by Gasteiger charge is 2.23. The molecule has 1 saturated carbocycles. The number of aryl methyl sites for hydroxylation is 1. The van der Waals surface area contributed by atoms with Crippen LogP contribution in [-0.2, 0) is 13.0 Å². The van der Waals surface area contributed by atoms with Crippen LogP contribution in [0.4, 0.5) is 0 Å². The predicted molar refractivity (Wildman–Crippen MR) is 146 cm³/mol. The van der Waals surface area contributed by atoms with Gasteiger partial charge in [0.05, 0.1) is 6.54 Å². The van der Waals surface area contributed by atoms with Gasteiger partial charge >= 0.3 is 5.69 Å². The predicted octanol–water partition coefficient (Wildman–Crippen LogP) is 5.14. The van der Waals surface area contributed by atoms with Crippen LogP contribution in [0.2, 0.25) is 0 Å². The molecule has 0 unspecified atom stereocenters. The molecular formula is C29H35N7O2. The standard InChI is InChI=1S/C29H35N7O2/c1-20(2)12-17-26-32-36(27(37)18-21-8-4-3-5-9-21)29(38)35(26)19-22-13-15-23(16-14-22)24-10-6-7-11-25(24)28-30-33-34-31-28/h6-7,10-11,13-16,20-21H,3-5,8-9,12,17-19H2,1-2H3,(H,30,31,33,34). The second kappa shape index (κ2) is 11.7. The van der Waals surface area contributed by atoms with Gasteiger partial charge in [0.25, 0.3) is 5.91 Å². The molecule has 0 bridgehead atoms. The molecule has 5 rings (SSSR count). The van der Waals surface area contributed by atoms with Crippen LogP contribution in [0.25, 0.3) is 22.5 Å². The summed E-state index contributed by atoms with van der Waals surface area (Å²) in [5, 5.41) is 19.0. The van der Waals surface area contributed by atoms with Crippen molar-refractivity contribution in [1.82, 2.24) is 35.0 Å². The number of nitrogens with one attached hydrogen (secondary N) is 1. The summed E-state index contributed by atoms with van der Waals surface area (Å²) in [7, 11) is 0. The van der Waals surface area contributed by atoms with Gasteiger partial charge in [-0.1, -0.05) is 81.6 Å². The molecule has 1 aliphatic rings. The molecule has 0 amide bonds. The van der Waals surface area contributed by atoms with Crippen LogP contribution in [-0.4, -0.2) is 40.9 Å². The van der Waals surface area contributed by atoms with E-state index < -0.39 is 0 Å². The van der Waals surface area contributed by atoms with Crippen molar-refractivity contribution in [3.05, 3.63) is 70.4 Å². The molecule has 1 N–H and O–H groups in total. The van der Waals surface area contributed by atoms with E-state index in [9.17, 15) is 9.59 Å². The molecule has 9 heteroatoms. The van der Waals surface area contributed by atoms with Gasteiger partial charge in [0.1, 0.15) is 5.82 Å². The number of aromatic nitrogens is 7. The van der Waals surface area contributed by atoms with Crippen molar-refractivity contribution >= 4 is 5.91 Å². The van der Waals surface area contributed by atoms with Gasteiger partial charge in [-0.15, -0.1) is 20.0 Å². The Balaban J connectivity index is 1.39. The van der Waals surface area contributed by atoms with Crippen LogP contribution in [0.5, 0.6) is 0 Å². The van der Waals surface area contributed by atoms with Gasteiger partial charge in [-0.05, 0) is 53.0 Å². The molecule has 0 saturated heterocycles. The van der Waals surface area contributed by atoms with Crippen molar-refractivity contribution in [1.29, 1.82) is 0 Å². The summed E-state index contributed by atoms with van der Waals surface area (Å²) in [6, 6.07) is 16.0. The van der Waals surface area contributed by atoms with Gasteiger partial charge in [-0.3, -0.25) is 9.36 Å². The number of hydrogen-bond acceptors (Lipinski definition) is 6. The number of carbonyl (C=O) groups excluding carboxylic acids is 1. The second-order valence-corrected chi connectivity index (χ2v) is 10.7. The van der Waals surface area contributed by atoms with Crippen LogP contribution in [0.1, 0.15) is 75.0 Å². The Morgan fingerprint density at radius 2 is 1.76 bits per heavy atom. The number of benzene rings is 2. The maximum absolute atomic E-state index is 13.4. The van der Waals surface area contributed by atoms with Gasteiger partial charge in [-0.2, -0.15) is 5.21 Å². The zero-order chi connectivity index (χ0) is 26.5. The van der Waals surface area contributed by atoms with Crippen LogP contribution in [0.15, 0.2) is 53.3 Å². The third-order valence-corrected chi connectivity index (χ3v) is 7.43. The van der Waals surface area contributed by atoms with E-state index >= 15 is 0 Å². The lowest BCUT2D eigenvalue weighted by Gasteiger charge is -2.20. The Morgan fingerprint density at radius 3 is 2.45 bits per heavy atom. The third kappa shape index (κ3) is 5.82. The topological polar surface area (TPSA) is 111 Å². The molecule has 2 aromatic heterocycles. The van der Waals surface area contributed by atoms with E-state index in [0.717, 1.165) is 59.0 Å². The van der Waals surface area contributed by atoms with E-state index in [1.807, 2.05) is 48.5 Å². The summed E-state index contributed by atoms with van der Waals surface area (Å²) in [4.78, 5) is 26.5. The summed E-state index contributed by atoms with van der Waals surface area (Å²) in [6.45, 7) is 4.67. The van der Waals surface area contributed by atoms with Crippen LogP contribution in [0.3, 0.4) is 0 Å². The SMILES string of the molecule is CC(C)CCc1nn(C(=O)CC2CCCCC2)c(=O)n1Cc1ccc(-c2ccccc2-c2nn[nH]n2)cc1. The molecule has 0 radical (unpaired) electrons. The van der Waals surface area contributed by atoms with E-state index in [-0.39, 0.29) is 11.6 Å². The van der Waals surface area contributed by atoms with Crippen molar-refractivity contribution in [3.63, 3.8) is 0 Å². The Hall–Kier alpha value is -3.88. The lowest BCUT2D eigenvalue weighted by Crippen LogP contribution is -2.31. The molecule has 38 heavy (non-hydrogen) atoms. The number of nitrogens with zero attached hydrogens (tertiary/aromatic N) is 6. The number of aromatic amines is 1. The minimum atomic E-state index is -0.337. The van der Waals surface area contributed by atoms with Crippen LogP contribution < -0.4 is 5.69 Å². The number of carbonyl (C=O) groups is 1. The first-order valence-electron chi connectivity index (χ1n) is 13.6. The minimum absolute atomic E-state index is 0.181. The van der Waals surface area contributed by atoms with Gasteiger partial charge < -0.3 is 0 Å². The summed E-state index contributed by atoms with van der Waals surface area (Å²) in [5.41, 5.74) is 3.53. The molecule has 4 aromatic rings. The van der Waals surface area contributed by atoms with Crippen LogP contribution >= 0.6 is 0 Å². The molecule has 198 valence electrons. The highest BCUT2D eigenvalue weighted by atomic mass is 16.2. The minimum Gasteiger partial charge on any atom is -0.274 e. The van der Waals surface area contributed by atoms with E-state index in [4.69, 9.17) is 0 Å².